The Bertz CT molecular complexity index is 676. The van der Waals surface area contributed by atoms with Crippen LogP contribution in [0.3, 0.4) is 0 Å². The fourth-order valence-corrected chi connectivity index (χ4v) is 4.91. The molecule has 4 nitrogen and oxygen atoms in total. The fourth-order valence-electron chi connectivity index (χ4n) is 2.70. The van der Waals surface area contributed by atoms with Gasteiger partial charge in [-0.05, 0) is 25.5 Å². The van der Waals surface area contributed by atoms with Gasteiger partial charge in [-0.15, -0.1) is 11.3 Å². The monoisotopic (exact) mass is 360 g/mol. The predicted octanol–water partition coefficient (Wildman–Crippen LogP) is 3.68. The third-order valence-electron chi connectivity index (χ3n) is 4.07. The van der Waals surface area contributed by atoms with E-state index in [4.69, 9.17) is 4.98 Å². The molecule has 1 unspecified atom stereocenters. The Morgan fingerprint density at radius 3 is 2.83 bits per heavy atom. The summed E-state index contributed by atoms with van der Waals surface area (Å²) in [6, 6.07) is 10.3. The van der Waals surface area contributed by atoms with Crippen molar-refractivity contribution in [1.82, 2.24) is 15.6 Å². The molecule has 2 aromatic rings. The lowest BCUT2D eigenvalue weighted by atomic mass is 10.2. The van der Waals surface area contributed by atoms with Gasteiger partial charge in [0.05, 0.1) is 12.2 Å². The Kier molecular flexibility index (Phi) is 6.15. The van der Waals surface area contributed by atoms with Gasteiger partial charge in [-0.2, -0.15) is 11.8 Å². The van der Waals surface area contributed by atoms with Gasteiger partial charge in [0.25, 0.3) is 0 Å². The van der Waals surface area contributed by atoms with Crippen LogP contribution < -0.4 is 10.6 Å². The lowest BCUT2D eigenvalue weighted by molar-refractivity contribution is 0.726. The molecule has 0 bridgehead atoms. The van der Waals surface area contributed by atoms with Crippen LogP contribution in [0.15, 0.2) is 35.3 Å². The maximum absolute atomic E-state index is 4.71. The Balaban J connectivity index is 1.56. The SMILES string of the molecule is CN=C(NCc1sc(-c2ccccc2)nc1C)NCC1CCCS1. The van der Waals surface area contributed by atoms with Gasteiger partial charge >= 0.3 is 0 Å². The van der Waals surface area contributed by atoms with Gasteiger partial charge in [0.2, 0.25) is 0 Å². The zero-order valence-electron chi connectivity index (χ0n) is 14.2. The second-order valence-electron chi connectivity index (χ2n) is 5.84. The zero-order chi connectivity index (χ0) is 16.8. The molecule has 1 atom stereocenters. The van der Waals surface area contributed by atoms with Gasteiger partial charge < -0.3 is 10.6 Å². The topological polar surface area (TPSA) is 49.3 Å². The number of hydrogen-bond acceptors (Lipinski definition) is 4. The van der Waals surface area contributed by atoms with Crippen LogP contribution >= 0.6 is 23.1 Å². The van der Waals surface area contributed by atoms with Crippen molar-refractivity contribution >= 4 is 29.1 Å². The molecule has 128 valence electrons. The summed E-state index contributed by atoms with van der Waals surface area (Å²) in [5.74, 6) is 2.16. The highest BCUT2D eigenvalue weighted by atomic mass is 32.2. The van der Waals surface area contributed by atoms with E-state index in [-0.39, 0.29) is 0 Å². The van der Waals surface area contributed by atoms with Crippen LogP contribution in [0, 0.1) is 6.92 Å². The molecule has 2 heterocycles. The van der Waals surface area contributed by atoms with Gasteiger partial charge in [-0.25, -0.2) is 4.98 Å². The smallest absolute Gasteiger partial charge is 0.191 e. The first-order valence-electron chi connectivity index (χ1n) is 8.34. The van der Waals surface area contributed by atoms with E-state index in [1.54, 1.807) is 11.3 Å². The fraction of sp³-hybridized carbons (Fsp3) is 0.444. The lowest BCUT2D eigenvalue weighted by Crippen LogP contribution is -2.39. The Labute approximate surface area is 152 Å². The molecule has 1 aromatic heterocycles. The highest BCUT2D eigenvalue weighted by Gasteiger charge is 2.16. The van der Waals surface area contributed by atoms with Crippen LogP contribution in [0.25, 0.3) is 10.6 Å². The summed E-state index contributed by atoms with van der Waals surface area (Å²) in [5, 5.41) is 8.66. The van der Waals surface area contributed by atoms with Crippen molar-refractivity contribution in [1.29, 1.82) is 0 Å². The molecule has 1 aromatic carbocycles. The van der Waals surface area contributed by atoms with Crippen molar-refractivity contribution in [2.24, 2.45) is 4.99 Å². The highest BCUT2D eigenvalue weighted by Crippen LogP contribution is 2.27. The summed E-state index contributed by atoms with van der Waals surface area (Å²) in [6.45, 7) is 3.82. The van der Waals surface area contributed by atoms with Gasteiger partial charge in [-0.1, -0.05) is 30.3 Å². The molecule has 0 aliphatic carbocycles. The van der Waals surface area contributed by atoms with E-state index < -0.39 is 0 Å². The van der Waals surface area contributed by atoms with Crippen molar-refractivity contribution < 1.29 is 0 Å². The molecular weight excluding hydrogens is 336 g/mol. The second-order valence-corrected chi connectivity index (χ2v) is 8.33. The molecule has 1 saturated heterocycles. The number of rotatable bonds is 5. The van der Waals surface area contributed by atoms with Crippen LogP contribution in [-0.2, 0) is 6.54 Å². The largest absolute Gasteiger partial charge is 0.355 e. The van der Waals surface area contributed by atoms with Crippen molar-refractivity contribution in [2.45, 2.75) is 31.6 Å². The number of thiazole rings is 1. The van der Waals surface area contributed by atoms with Crippen molar-refractivity contribution in [3.05, 3.63) is 40.9 Å². The minimum Gasteiger partial charge on any atom is -0.355 e. The van der Waals surface area contributed by atoms with E-state index in [1.165, 1.54) is 29.0 Å². The average molecular weight is 361 g/mol. The molecule has 0 saturated carbocycles. The van der Waals surface area contributed by atoms with Crippen molar-refractivity contribution in [3.63, 3.8) is 0 Å². The van der Waals surface area contributed by atoms with Crippen molar-refractivity contribution in [3.8, 4) is 10.6 Å². The third-order valence-corrected chi connectivity index (χ3v) is 6.68. The number of aryl methyl sites for hydroxylation is 1. The van der Waals surface area contributed by atoms with Gasteiger partial charge in [0, 0.05) is 29.3 Å². The summed E-state index contributed by atoms with van der Waals surface area (Å²) in [7, 11) is 1.83. The summed E-state index contributed by atoms with van der Waals surface area (Å²) >= 11 is 3.81. The van der Waals surface area contributed by atoms with E-state index in [9.17, 15) is 0 Å². The second kappa shape index (κ2) is 8.53. The van der Waals surface area contributed by atoms with E-state index in [1.807, 2.05) is 13.1 Å². The van der Waals surface area contributed by atoms with Crippen LogP contribution in [0.5, 0.6) is 0 Å². The van der Waals surface area contributed by atoms with Crippen LogP contribution in [0.2, 0.25) is 0 Å². The lowest BCUT2D eigenvalue weighted by Gasteiger charge is -2.14. The molecule has 1 fully saturated rings. The Morgan fingerprint density at radius 1 is 1.29 bits per heavy atom. The van der Waals surface area contributed by atoms with Crippen LogP contribution in [-0.4, -0.2) is 35.5 Å². The molecule has 0 radical (unpaired) electrons. The zero-order valence-corrected chi connectivity index (χ0v) is 15.8. The average Bonchev–Trinajstić information content (AvgIpc) is 3.26. The quantitative estimate of drug-likeness (QED) is 0.631. The summed E-state index contributed by atoms with van der Waals surface area (Å²) in [6.07, 6.45) is 2.65. The molecule has 3 rings (SSSR count). The minimum atomic E-state index is 0.721. The first-order chi connectivity index (χ1) is 11.8. The van der Waals surface area contributed by atoms with E-state index in [0.29, 0.717) is 0 Å². The first-order valence-corrected chi connectivity index (χ1v) is 10.2. The van der Waals surface area contributed by atoms with Crippen LogP contribution in [0.4, 0.5) is 0 Å². The Hall–Kier alpha value is -1.53. The molecule has 0 amide bonds. The Morgan fingerprint density at radius 2 is 2.12 bits per heavy atom. The molecule has 2 N–H and O–H groups in total. The van der Waals surface area contributed by atoms with Crippen molar-refractivity contribution in [2.75, 3.05) is 19.3 Å². The number of guanidine groups is 1. The van der Waals surface area contributed by atoms with Gasteiger partial charge in [0.1, 0.15) is 5.01 Å². The summed E-state index contributed by atoms with van der Waals surface area (Å²) < 4.78 is 0. The number of aliphatic imine (C=N–C) groups is 1. The molecular formula is C18H24N4S2. The predicted molar refractivity (Wildman–Crippen MR) is 106 cm³/mol. The number of benzene rings is 1. The first kappa shape index (κ1) is 17.3. The number of nitrogens with zero attached hydrogens (tertiary/aromatic N) is 2. The van der Waals surface area contributed by atoms with Gasteiger partial charge in [0.15, 0.2) is 5.96 Å². The minimum absolute atomic E-state index is 0.721. The third kappa shape index (κ3) is 4.51. The normalized spacial score (nSPS) is 17.9. The molecule has 24 heavy (non-hydrogen) atoms. The maximum atomic E-state index is 4.71. The standard InChI is InChI=1S/C18H24N4S2/c1-13-16(24-17(22-13)14-7-4-3-5-8-14)12-21-18(19-2)20-11-15-9-6-10-23-15/h3-5,7-8,15H,6,9-12H2,1-2H3,(H2,19,20,21). The van der Waals surface area contributed by atoms with E-state index in [0.717, 1.165) is 35.0 Å². The highest BCUT2D eigenvalue weighted by molar-refractivity contribution is 8.00. The molecule has 1 aliphatic rings. The summed E-state index contributed by atoms with van der Waals surface area (Å²) in [5.41, 5.74) is 2.27. The van der Waals surface area contributed by atoms with Crippen LogP contribution in [0.1, 0.15) is 23.4 Å². The van der Waals surface area contributed by atoms with E-state index in [2.05, 4.69) is 58.6 Å². The molecule has 1 aliphatic heterocycles. The number of thioether (sulfide) groups is 1. The number of hydrogen-bond donors (Lipinski definition) is 2. The molecule has 6 heteroatoms. The summed E-state index contributed by atoms with van der Waals surface area (Å²) in [4.78, 5) is 10.3. The number of nitrogens with one attached hydrogen (secondary N) is 2. The van der Waals surface area contributed by atoms with E-state index >= 15 is 0 Å². The molecule has 0 spiro atoms. The maximum Gasteiger partial charge on any atom is 0.191 e. The number of aromatic nitrogens is 1. The van der Waals surface area contributed by atoms with Gasteiger partial charge in [-0.3, -0.25) is 4.99 Å².